The summed E-state index contributed by atoms with van der Waals surface area (Å²) in [7, 11) is -3.54. The van der Waals surface area contributed by atoms with Crippen LogP contribution in [-0.4, -0.2) is 37.5 Å². The highest BCUT2D eigenvalue weighted by Crippen LogP contribution is 2.39. The van der Waals surface area contributed by atoms with E-state index >= 15 is 0 Å². The molecule has 0 bridgehead atoms. The van der Waals surface area contributed by atoms with E-state index in [1.165, 1.54) is 19.0 Å². The Kier molecular flexibility index (Phi) is 5.51. The standard InChI is InChI=1S/C14H23N3O2S2/c1-3-16-12-6-9-15-10-13(12)21(18,19)17-11-14(20-2)7-4-5-8-14/h6,9-10,17H,3-5,7-8,11H2,1-2H3,(H,15,16). The SMILES string of the molecule is CCNc1ccncc1S(=O)(=O)NCC1(SC)CCCC1. The predicted octanol–water partition coefficient (Wildman–Crippen LogP) is 2.47. The molecule has 0 aromatic carbocycles. The van der Waals surface area contributed by atoms with Gasteiger partial charge in [-0.25, -0.2) is 13.1 Å². The molecular weight excluding hydrogens is 306 g/mol. The van der Waals surface area contributed by atoms with E-state index in [0.29, 0.717) is 18.8 Å². The second-order valence-corrected chi connectivity index (χ2v) is 8.33. The summed E-state index contributed by atoms with van der Waals surface area (Å²) in [6, 6.07) is 1.69. The zero-order chi connectivity index (χ0) is 15.3. The van der Waals surface area contributed by atoms with Crippen LogP contribution in [0.1, 0.15) is 32.6 Å². The number of thioether (sulfide) groups is 1. The molecule has 0 saturated heterocycles. The zero-order valence-electron chi connectivity index (χ0n) is 12.6. The third kappa shape index (κ3) is 3.90. The van der Waals surface area contributed by atoms with Crippen molar-refractivity contribution in [3.63, 3.8) is 0 Å². The van der Waals surface area contributed by atoms with Gasteiger partial charge in [0.15, 0.2) is 0 Å². The van der Waals surface area contributed by atoms with Crippen molar-refractivity contribution >= 4 is 27.5 Å². The molecular formula is C14H23N3O2S2. The van der Waals surface area contributed by atoms with Gasteiger partial charge in [-0.15, -0.1) is 0 Å². The van der Waals surface area contributed by atoms with Crippen LogP contribution in [-0.2, 0) is 10.0 Å². The minimum Gasteiger partial charge on any atom is -0.384 e. The summed E-state index contributed by atoms with van der Waals surface area (Å²) in [4.78, 5) is 4.17. The fourth-order valence-electron chi connectivity index (χ4n) is 2.71. The quantitative estimate of drug-likeness (QED) is 0.804. The van der Waals surface area contributed by atoms with Crippen LogP contribution in [0.2, 0.25) is 0 Å². The van der Waals surface area contributed by atoms with E-state index in [-0.39, 0.29) is 9.64 Å². The Morgan fingerprint density at radius 1 is 1.38 bits per heavy atom. The van der Waals surface area contributed by atoms with E-state index in [1.807, 2.05) is 6.92 Å². The number of anilines is 1. The predicted molar refractivity (Wildman–Crippen MR) is 88.3 cm³/mol. The van der Waals surface area contributed by atoms with Crippen molar-refractivity contribution in [3.05, 3.63) is 18.5 Å². The lowest BCUT2D eigenvalue weighted by molar-refractivity contribution is 0.551. The number of hydrogen-bond acceptors (Lipinski definition) is 5. The van der Waals surface area contributed by atoms with Crippen molar-refractivity contribution in [2.24, 2.45) is 0 Å². The van der Waals surface area contributed by atoms with Gasteiger partial charge in [-0.2, -0.15) is 11.8 Å². The Bertz CT molecular complexity index is 569. The van der Waals surface area contributed by atoms with Crippen LogP contribution in [0.4, 0.5) is 5.69 Å². The summed E-state index contributed by atoms with van der Waals surface area (Å²) >= 11 is 1.77. The molecule has 0 aliphatic heterocycles. The minimum atomic E-state index is -3.54. The monoisotopic (exact) mass is 329 g/mol. The van der Waals surface area contributed by atoms with Gasteiger partial charge in [-0.05, 0) is 32.1 Å². The molecule has 0 spiro atoms. The number of nitrogens with one attached hydrogen (secondary N) is 2. The first-order valence-electron chi connectivity index (χ1n) is 7.26. The van der Waals surface area contributed by atoms with E-state index in [2.05, 4.69) is 21.3 Å². The van der Waals surface area contributed by atoms with Crippen molar-refractivity contribution < 1.29 is 8.42 Å². The van der Waals surface area contributed by atoms with Crippen molar-refractivity contribution in [1.82, 2.24) is 9.71 Å². The molecule has 0 unspecified atom stereocenters. The van der Waals surface area contributed by atoms with Gasteiger partial charge < -0.3 is 5.32 Å². The second kappa shape index (κ2) is 6.98. The van der Waals surface area contributed by atoms with Gasteiger partial charge in [0.05, 0.1) is 5.69 Å². The smallest absolute Gasteiger partial charge is 0.244 e. The van der Waals surface area contributed by atoms with Crippen LogP contribution < -0.4 is 10.0 Å². The molecule has 0 radical (unpaired) electrons. The van der Waals surface area contributed by atoms with Crippen molar-refractivity contribution in [1.29, 1.82) is 0 Å². The summed E-state index contributed by atoms with van der Waals surface area (Å²) < 4.78 is 27.9. The van der Waals surface area contributed by atoms with Crippen LogP contribution in [0, 0.1) is 0 Å². The third-order valence-corrected chi connectivity index (χ3v) is 6.82. The lowest BCUT2D eigenvalue weighted by Crippen LogP contribution is -2.38. The first kappa shape index (κ1) is 16.6. The van der Waals surface area contributed by atoms with E-state index in [0.717, 1.165) is 12.8 Å². The molecule has 1 aliphatic rings. The number of nitrogens with zero attached hydrogens (tertiary/aromatic N) is 1. The Labute approximate surface area is 131 Å². The maximum absolute atomic E-state index is 12.5. The molecule has 1 saturated carbocycles. The third-order valence-electron chi connectivity index (χ3n) is 3.97. The van der Waals surface area contributed by atoms with E-state index in [4.69, 9.17) is 0 Å². The Morgan fingerprint density at radius 3 is 2.71 bits per heavy atom. The highest BCUT2D eigenvalue weighted by atomic mass is 32.2. The van der Waals surface area contributed by atoms with Crippen LogP contribution in [0.5, 0.6) is 0 Å². The number of hydrogen-bond donors (Lipinski definition) is 2. The summed E-state index contributed by atoms with van der Waals surface area (Å²) in [6.45, 7) is 3.09. The number of pyridine rings is 1. The van der Waals surface area contributed by atoms with Gasteiger partial charge in [0, 0.05) is 30.2 Å². The Hall–Kier alpha value is -0.790. The second-order valence-electron chi connectivity index (χ2n) is 5.32. The lowest BCUT2D eigenvalue weighted by atomic mass is 10.1. The molecule has 5 nitrogen and oxygen atoms in total. The fraction of sp³-hybridized carbons (Fsp3) is 0.643. The van der Waals surface area contributed by atoms with Crippen LogP contribution in [0.3, 0.4) is 0 Å². The lowest BCUT2D eigenvalue weighted by Gasteiger charge is -2.27. The molecule has 1 heterocycles. The van der Waals surface area contributed by atoms with Gasteiger partial charge in [0.1, 0.15) is 4.90 Å². The minimum absolute atomic E-state index is 0.0492. The maximum Gasteiger partial charge on any atom is 0.244 e. The van der Waals surface area contributed by atoms with Gasteiger partial charge in [-0.3, -0.25) is 4.98 Å². The van der Waals surface area contributed by atoms with Gasteiger partial charge in [0.25, 0.3) is 0 Å². The number of rotatable bonds is 7. The molecule has 1 aromatic rings. The molecule has 1 aliphatic carbocycles. The molecule has 7 heteroatoms. The zero-order valence-corrected chi connectivity index (χ0v) is 14.2. The van der Waals surface area contributed by atoms with Gasteiger partial charge >= 0.3 is 0 Å². The van der Waals surface area contributed by atoms with Crippen LogP contribution >= 0.6 is 11.8 Å². The molecule has 0 amide bonds. The van der Waals surface area contributed by atoms with Crippen molar-refractivity contribution in [2.75, 3.05) is 24.7 Å². The van der Waals surface area contributed by atoms with Crippen molar-refractivity contribution in [2.45, 2.75) is 42.2 Å². The summed E-state index contributed by atoms with van der Waals surface area (Å²) in [5, 5.41) is 3.07. The fourth-order valence-corrected chi connectivity index (χ4v) is 4.96. The summed E-state index contributed by atoms with van der Waals surface area (Å²) in [5.41, 5.74) is 0.602. The largest absolute Gasteiger partial charge is 0.384 e. The average molecular weight is 329 g/mol. The van der Waals surface area contributed by atoms with Gasteiger partial charge in [-0.1, -0.05) is 12.8 Å². The average Bonchev–Trinajstić information content (AvgIpc) is 2.96. The van der Waals surface area contributed by atoms with Crippen LogP contribution in [0.15, 0.2) is 23.4 Å². The molecule has 2 rings (SSSR count). The highest BCUT2D eigenvalue weighted by molar-refractivity contribution is 8.00. The van der Waals surface area contributed by atoms with E-state index in [9.17, 15) is 8.42 Å². The number of aromatic nitrogens is 1. The Morgan fingerprint density at radius 2 is 2.10 bits per heavy atom. The number of sulfonamides is 1. The maximum atomic E-state index is 12.5. The molecule has 21 heavy (non-hydrogen) atoms. The van der Waals surface area contributed by atoms with E-state index < -0.39 is 10.0 Å². The summed E-state index contributed by atoms with van der Waals surface area (Å²) in [6.07, 6.45) is 9.57. The first-order valence-corrected chi connectivity index (χ1v) is 9.96. The topological polar surface area (TPSA) is 71.1 Å². The molecule has 2 N–H and O–H groups in total. The molecule has 1 fully saturated rings. The van der Waals surface area contributed by atoms with E-state index in [1.54, 1.807) is 24.0 Å². The summed E-state index contributed by atoms with van der Waals surface area (Å²) in [5.74, 6) is 0. The first-order chi connectivity index (χ1) is 10.0. The van der Waals surface area contributed by atoms with Crippen molar-refractivity contribution in [3.8, 4) is 0 Å². The highest BCUT2D eigenvalue weighted by Gasteiger charge is 2.34. The molecule has 118 valence electrons. The van der Waals surface area contributed by atoms with Crippen LogP contribution in [0.25, 0.3) is 0 Å². The molecule has 1 aromatic heterocycles. The van der Waals surface area contributed by atoms with Gasteiger partial charge in [0.2, 0.25) is 10.0 Å². The Balaban J connectivity index is 2.15. The molecule has 0 atom stereocenters. The normalized spacial score (nSPS) is 17.8.